The van der Waals surface area contributed by atoms with E-state index in [1.54, 1.807) is 18.3 Å². The lowest BCUT2D eigenvalue weighted by Gasteiger charge is -2.31. The predicted molar refractivity (Wildman–Crippen MR) is 153 cm³/mol. The Morgan fingerprint density at radius 1 is 0.865 bits per heavy atom. The number of nitrogens with one attached hydrogen (secondary N) is 1. The van der Waals surface area contributed by atoms with Crippen LogP contribution < -0.4 is 20.0 Å². The molecule has 2 aliphatic heterocycles. The van der Waals surface area contributed by atoms with Crippen LogP contribution in [0.2, 0.25) is 10.0 Å². The van der Waals surface area contributed by atoms with Crippen molar-refractivity contribution < 1.29 is 4.74 Å². The highest BCUT2D eigenvalue weighted by Gasteiger charge is 2.19. The molecule has 3 heterocycles. The van der Waals surface area contributed by atoms with Gasteiger partial charge in [-0.3, -0.25) is 5.43 Å². The number of para-hydroxylation sites is 1. The Labute approximate surface area is 228 Å². The number of hydrogen-bond donors (Lipinski definition) is 1. The molecule has 0 unspecified atom stereocenters. The Kier molecular flexibility index (Phi) is 8.64. The quantitative estimate of drug-likeness (QED) is 0.251. The molecule has 5 rings (SSSR count). The molecule has 1 aromatic heterocycles. The second-order valence-corrected chi connectivity index (χ2v) is 10.3. The molecular weight excluding hydrogens is 507 g/mol. The van der Waals surface area contributed by atoms with E-state index in [0.29, 0.717) is 28.2 Å². The van der Waals surface area contributed by atoms with Gasteiger partial charge in [0.1, 0.15) is 18.2 Å². The van der Waals surface area contributed by atoms with Gasteiger partial charge in [0.15, 0.2) is 5.82 Å². The molecule has 3 aromatic rings. The lowest BCUT2D eigenvalue weighted by atomic mass is 10.1. The molecule has 2 fully saturated rings. The first kappa shape index (κ1) is 25.6. The number of halogens is 2. The fraction of sp³-hybridized carbons (Fsp3) is 0.393. The number of aromatic nitrogens is 2. The third kappa shape index (κ3) is 6.84. The van der Waals surface area contributed by atoms with Crippen molar-refractivity contribution in [2.45, 2.75) is 45.1 Å². The standard InChI is InChI=1S/C28H32Cl2N6O/c29-23-12-11-22(24(30)17-23)20-37-25-10-4-3-9-21(25)19-31-34-26-18-27(35-13-5-1-6-14-35)33-28(32-26)36-15-7-2-8-16-36/h3-4,9-12,17-19H,1-2,5-8,13-16,20H2,(H,32,33,34)/b31-19-. The summed E-state index contributed by atoms with van der Waals surface area (Å²) in [5.41, 5.74) is 4.86. The third-order valence-electron chi connectivity index (χ3n) is 6.72. The van der Waals surface area contributed by atoms with Crippen LogP contribution in [-0.2, 0) is 6.61 Å². The molecule has 0 aliphatic carbocycles. The lowest BCUT2D eigenvalue weighted by molar-refractivity contribution is 0.306. The molecule has 2 aromatic carbocycles. The van der Waals surface area contributed by atoms with E-state index in [1.807, 2.05) is 36.4 Å². The summed E-state index contributed by atoms with van der Waals surface area (Å²) in [4.78, 5) is 14.4. The number of piperidine rings is 2. The van der Waals surface area contributed by atoms with Crippen LogP contribution in [-0.4, -0.2) is 42.4 Å². The van der Waals surface area contributed by atoms with Crippen LogP contribution in [0.15, 0.2) is 53.6 Å². The summed E-state index contributed by atoms with van der Waals surface area (Å²) in [5, 5.41) is 5.69. The van der Waals surface area contributed by atoms with E-state index in [2.05, 4.69) is 20.3 Å². The normalized spacial score (nSPS) is 16.3. The van der Waals surface area contributed by atoms with Gasteiger partial charge in [-0.1, -0.05) is 41.4 Å². The summed E-state index contributed by atoms with van der Waals surface area (Å²) in [7, 11) is 0. The second kappa shape index (κ2) is 12.5. The van der Waals surface area contributed by atoms with E-state index in [9.17, 15) is 0 Å². The maximum atomic E-state index is 6.30. The molecular formula is C28H32Cl2N6O. The predicted octanol–water partition coefficient (Wildman–Crippen LogP) is 6.79. The summed E-state index contributed by atoms with van der Waals surface area (Å²) in [6, 6.07) is 15.2. The van der Waals surface area contributed by atoms with Crippen LogP contribution in [0, 0.1) is 0 Å². The van der Waals surface area contributed by atoms with Gasteiger partial charge >= 0.3 is 0 Å². The number of benzene rings is 2. The van der Waals surface area contributed by atoms with E-state index in [1.165, 1.54) is 38.5 Å². The Bertz CT molecular complexity index is 1190. The largest absolute Gasteiger partial charge is 0.488 e. The molecule has 7 nitrogen and oxygen atoms in total. The summed E-state index contributed by atoms with van der Waals surface area (Å²) in [5.74, 6) is 3.16. The van der Waals surface area contributed by atoms with Gasteiger partial charge in [0, 0.05) is 53.4 Å². The highest BCUT2D eigenvalue weighted by molar-refractivity contribution is 6.35. The van der Waals surface area contributed by atoms with E-state index in [0.717, 1.165) is 49.1 Å². The van der Waals surface area contributed by atoms with Gasteiger partial charge in [0.05, 0.1) is 6.21 Å². The zero-order valence-corrected chi connectivity index (χ0v) is 22.4. The number of hydrazone groups is 1. The van der Waals surface area contributed by atoms with E-state index < -0.39 is 0 Å². The van der Waals surface area contributed by atoms with Crippen molar-refractivity contribution in [3.8, 4) is 5.75 Å². The summed E-state index contributed by atoms with van der Waals surface area (Å²) in [6.45, 7) is 4.38. The van der Waals surface area contributed by atoms with Gasteiger partial charge in [0.2, 0.25) is 5.95 Å². The SMILES string of the molecule is Clc1ccc(COc2ccccc2/C=N\Nc2cc(N3CCCCC3)nc(N3CCCCC3)n2)c(Cl)c1. The Morgan fingerprint density at radius 3 is 2.35 bits per heavy atom. The maximum Gasteiger partial charge on any atom is 0.229 e. The van der Waals surface area contributed by atoms with Crippen LogP contribution in [0.1, 0.15) is 49.7 Å². The van der Waals surface area contributed by atoms with Gasteiger partial charge in [-0.25, -0.2) is 0 Å². The fourth-order valence-corrected chi connectivity index (χ4v) is 5.14. The number of nitrogens with zero attached hydrogens (tertiary/aromatic N) is 5. The monoisotopic (exact) mass is 538 g/mol. The van der Waals surface area contributed by atoms with E-state index in [-0.39, 0.29) is 0 Å². The highest BCUT2D eigenvalue weighted by Crippen LogP contribution is 2.26. The van der Waals surface area contributed by atoms with Crippen molar-refractivity contribution in [2.75, 3.05) is 41.4 Å². The lowest BCUT2D eigenvalue weighted by Crippen LogP contribution is -2.33. The van der Waals surface area contributed by atoms with Crippen LogP contribution in [0.5, 0.6) is 5.75 Å². The first-order chi connectivity index (χ1) is 18.2. The van der Waals surface area contributed by atoms with Crippen molar-refractivity contribution in [3.05, 3.63) is 69.7 Å². The topological polar surface area (TPSA) is 65.9 Å². The Morgan fingerprint density at radius 2 is 1.59 bits per heavy atom. The first-order valence-electron chi connectivity index (χ1n) is 13.0. The first-order valence-corrected chi connectivity index (χ1v) is 13.8. The molecule has 0 amide bonds. The molecule has 37 heavy (non-hydrogen) atoms. The smallest absolute Gasteiger partial charge is 0.229 e. The van der Waals surface area contributed by atoms with Crippen molar-refractivity contribution in [3.63, 3.8) is 0 Å². The minimum Gasteiger partial charge on any atom is -0.488 e. The van der Waals surface area contributed by atoms with Crippen LogP contribution in [0.25, 0.3) is 0 Å². The Balaban J connectivity index is 1.31. The summed E-state index contributed by atoms with van der Waals surface area (Å²) < 4.78 is 6.06. The molecule has 2 aliphatic rings. The third-order valence-corrected chi connectivity index (χ3v) is 7.31. The molecule has 0 bridgehead atoms. The minimum atomic E-state index is 0.332. The molecule has 194 valence electrons. The van der Waals surface area contributed by atoms with Gasteiger partial charge < -0.3 is 14.5 Å². The van der Waals surface area contributed by atoms with Crippen molar-refractivity contribution in [1.29, 1.82) is 0 Å². The highest BCUT2D eigenvalue weighted by atomic mass is 35.5. The Hall–Kier alpha value is -3.03. The van der Waals surface area contributed by atoms with Crippen molar-refractivity contribution in [2.24, 2.45) is 5.10 Å². The number of ether oxygens (including phenoxy) is 1. The second-order valence-electron chi connectivity index (χ2n) is 9.44. The van der Waals surface area contributed by atoms with Crippen LogP contribution >= 0.6 is 23.2 Å². The van der Waals surface area contributed by atoms with Gasteiger partial charge in [0.25, 0.3) is 0 Å². The maximum absolute atomic E-state index is 6.30. The van der Waals surface area contributed by atoms with Crippen molar-refractivity contribution >= 4 is 47.0 Å². The molecule has 9 heteroatoms. The zero-order chi connectivity index (χ0) is 25.5. The summed E-state index contributed by atoms with van der Waals surface area (Å²) in [6.07, 6.45) is 9.05. The average molecular weight is 540 g/mol. The molecule has 0 saturated carbocycles. The minimum absolute atomic E-state index is 0.332. The van der Waals surface area contributed by atoms with Gasteiger partial charge in [-0.2, -0.15) is 15.1 Å². The molecule has 1 N–H and O–H groups in total. The van der Waals surface area contributed by atoms with E-state index in [4.69, 9.17) is 37.9 Å². The van der Waals surface area contributed by atoms with Crippen LogP contribution in [0.4, 0.5) is 17.6 Å². The average Bonchev–Trinajstić information content (AvgIpc) is 2.94. The van der Waals surface area contributed by atoms with Crippen LogP contribution in [0.3, 0.4) is 0 Å². The van der Waals surface area contributed by atoms with Gasteiger partial charge in [-0.05, 0) is 62.8 Å². The summed E-state index contributed by atoms with van der Waals surface area (Å²) >= 11 is 12.3. The van der Waals surface area contributed by atoms with E-state index >= 15 is 0 Å². The number of anilines is 3. The zero-order valence-electron chi connectivity index (χ0n) is 20.9. The molecule has 0 atom stereocenters. The number of rotatable bonds is 8. The van der Waals surface area contributed by atoms with Crippen molar-refractivity contribution in [1.82, 2.24) is 9.97 Å². The number of hydrogen-bond acceptors (Lipinski definition) is 7. The molecule has 0 radical (unpaired) electrons. The molecule has 0 spiro atoms. The fourth-order valence-electron chi connectivity index (χ4n) is 4.68. The van der Waals surface area contributed by atoms with Gasteiger partial charge in [-0.15, -0.1) is 0 Å². The molecule has 2 saturated heterocycles.